The summed E-state index contributed by atoms with van der Waals surface area (Å²) in [6, 6.07) is 10.6. The zero-order chi connectivity index (χ0) is 21.9. The second-order valence-corrected chi connectivity index (χ2v) is 8.67. The molecule has 3 aromatic rings. The number of carbonyl (C=O) groups is 2. The molecule has 11 heteroatoms. The number of anilines is 2. The van der Waals surface area contributed by atoms with E-state index in [1.54, 1.807) is 25.1 Å². The molecule has 0 saturated heterocycles. The Hall–Kier alpha value is -3.31. The van der Waals surface area contributed by atoms with Crippen molar-refractivity contribution in [2.24, 2.45) is 0 Å². The third-order valence-corrected chi connectivity index (χ3v) is 6.48. The van der Waals surface area contributed by atoms with Gasteiger partial charge in [0.25, 0.3) is 15.9 Å². The maximum absolute atomic E-state index is 13.0. The minimum atomic E-state index is -4.00. The van der Waals surface area contributed by atoms with E-state index < -0.39 is 27.7 Å². The van der Waals surface area contributed by atoms with E-state index in [1.165, 1.54) is 13.2 Å². The van der Waals surface area contributed by atoms with Gasteiger partial charge in [0.15, 0.2) is 5.13 Å². The Labute approximate surface area is 175 Å². The van der Waals surface area contributed by atoms with Crippen LogP contribution in [-0.2, 0) is 14.8 Å². The molecule has 1 aromatic heterocycles. The number of hydrogen-bond donors (Lipinski definition) is 2. The maximum atomic E-state index is 13.0. The van der Waals surface area contributed by atoms with Crippen LogP contribution in [0.3, 0.4) is 0 Å². The first-order valence-electron chi connectivity index (χ1n) is 8.46. The number of nitrogens with zero attached hydrogens (tertiary/aromatic N) is 1. The van der Waals surface area contributed by atoms with E-state index in [2.05, 4.69) is 15.0 Å². The quantitative estimate of drug-likeness (QED) is 0.557. The molecule has 0 fully saturated rings. The van der Waals surface area contributed by atoms with Gasteiger partial charge in [-0.15, -0.1) is 0 Å². The van der Waals surface area contributed by atoms with Gasteiger partial charge >= 0.3 is 5.97 Å². The molecule has 0 spiro atoms. The molecule has 2 N–H and O–H groups in total. The molecular formula is C19H16FN3O5S2. The Morgan fingerprint density at radius 3 is 2.43 bits per heavy atom. The van der Waals surface area contributed by atoms with Crippen LogP contribution in [0.15, 0.2) is 53.4 Å². The van der Waals surface area contributed by atoms with E-state index in [9.17, 15) is 22.4 Å². The summed E-state index contributed by atoms with van der Waals surface area (Å²) in [6.45, 7) is 1.55. The Kier molecular flexibility index (Phi) is 6.13. The lowest BCUT2D eigenvalue weighted by molar-refractivity contribution is 0.0602. The Bertz CT molecular complexity index is 1210. The van der Waals surface area contributed by atoms with E-state index in [4.69, 9.17) is 4.74 Å². The standard InChI is InChI=1S/C19H16FN3O5S2/c1-11-16(17(24)22-15-6-4-3-5-14(15)18(25)28-2)29-19(21-11)23-30(26,27)13-9-7-12(20)8-10-13/h3-10H,1-2H3,(H,21,23)(H,22,24). The van der Waals surface area contributed by atoms with Gasteiger partial charge in [0.1, 0.15) is 10.7 Å². The van der Waals surface area contributed by atoms with Gasteiger partial charge in [-0.2, -0.15) is 0 Å². The van der Waals surface area contributed by atoms with Gasteiger partial charge in [-0.05, 0) is 43.3 Å². The predicted molar refractivity (Wildman–Crippen MR) is 110 cm³/mol. The number of ether oxygens (including phenoxy) is 1. The number of thiazole rings is 1. The number of sulfonamides is 1. The normalized spacial score (nSPS) is 11.0. The molecule has 1 amide bonds. The van der Waals surface area contributed by atoms with Crippen molar-refractivity contribution in [3.05, 3.63) is 70.5 Å². The van der Waals surface area contributed by atoms with Crippen LogP contribution in [-0.4, -0.2) is 32.4 Å². The van der Waals surface area contributed by atoms with Gasteiger partial charge in [0, 0.05) is 0 Å². The monoisotopic (exact) mass is 449 g/mol. The largest absolute Gasteiger partial charge is 0.465 e. The third kappa shape index (κ3) is 4.63. The summed E-state index contributed by atoms with van der Waals surface area (Å²) in [5, 5.41) is 2.58. The van der Waals surface area contributed by atoms with Crippen molar-refractivity contribution < 1.29 is 27.1 Å². The van der Waals surface area contributed by atoms with Crippen LogP contribution >= 0.6 is 11.3 Å². The number of aromatic nitrogens is 1. The number of esters is 1. The van der Waals surface area contributed by atoms with Crippen LogP contribution in [0, 0.1) is 12.7 Å². The van der Waals surface area contributed by atoms with Gasteiger partial charge in [0.2, 0.25) is 0 Å². The van der Waals surface area contributed by atoms with Crippen molar-refractivity contribution in [2.45, 2.75) is 11.8 Å². The zero-order valence-corrected chi connectivity index (χ0v) is 17.4. The summed E-state index contributed by atoms with van der Waals surface area (Å²) in [4.78, 5) is 28.6. The van der Waals surface area contributed by atoms with Crippen LogP contribution in [0.1, 0.15) is 25.7 Å². The molecule has 0 bridgehead atoms. The molecule has 30 heavy (non-hydrogen) atoms. The molecule has 0 radical (unpaired) electrons. The van der Waals surface area contributed by atoms with E-state index >= 15 is 0 Å². The fourth-order valence-electron chi connectivity index (χ4n) is 2.50. The lowest BCUT2D eigenvalue weighted by atomic mass is 10.1. The molecule has 0 aliphatic heterocycles. The molecule has 0 atom stereocenters. The average Bonchev–Trinajstić information content (AvgIpc) is 3.07. The smallest absolute Gasteiger partial charge is 0.339 e. The topological polar surface area (TPSA) is 114 Å². The first-order valence-corrected chi connectivity index (χ1v) is 10.8. The van der Waals surface area contributed by atoms with Crippen molar-refractivity contribution in [3.8, 4) is 0 Å². The highest BCUT2D eigenvalue weighted by Gasteiger charge is 2.22. The first-order chi connectivity index (χ1) is 14.2. The highest BCUT2D eigenvalue weighted by Crippen LogP contribution is 2.27. The van der Waals surface area contributed by atoms with Crippen LogP contribution < -0.4 is 10.0 Å². The number of rotatable bonds is 6. The van der Waals surface area contributed by atoms with Crippen molar-refractivity contribution in [3.63, 3.8) is 0 Å². The number of amides is 1. The molecule has 0 aliphatic rings. The number of aryl methyl sites for hydroxylation is 1. The van der Waals surface area contributed by atoms with Crippen LogP contribution in [0.5, 0.6) is 0 Å². The van der Waals surface area contributed by atoms with E-state index in [-0.39, 0.29) is 26.2 Å². The molecule has 3 rings (SSSR count). The number of benzene rings is 2. The van der Waals surface area contributed by atoms with Crippen molar-refractivity contribution in [1.29, 1.82) is 0 Å². The van der Waals surface area contributed by atoms with Crippen molar-refractivity contribution in [1.82, 2.24) is 4.98 Å². The minimum absolute atomic E-state index is 0.0248. The van der Waals surface area contributed by atoms with Gasteiger partial charge in [-0.25, -0.2) is 22.6 Å². The summed E-state index contributed by atoms with van der Waals surface area (Å²) in [5.74, 6) is -1.74. The zero-order valence-electron chi connectivity index (χ0n) is 15.8. The van der Waals surface area contributed by atoms with Crippen molar-refractivity contribution >= 4 is 44.1 Å². The number of carbonyl (C=O) groups excluding carboxylic acids is 2. The summed E-state index contributed by atoms with van der Waals surface area (Å²) in [5.41, 5.74) is 0.716. The third-order valence-electron chi connectivity index (χ3n) is 3.93. The van der Waals surface area contributed by atoms with Gasteiger partial charge in [-0.1, -0.05) is 23.5 Å². The lowest BCUT2D eigenvalue weighted by Crippen LogP contribution is -2.15. The van der Waals surface area contributed by atoms with E-state index in [0.717, 1.165) is 35.6 Å². The van der Waals surface area contributed by atoms with Crippen molar-refractivity contribution in [2.75, 3.05) is 17.1 Å². The van der Waals surface area contributed by atoms with Gasteiger partial charge in [-0.3, -0.25) is 9.52 Å². The highest BCUT2D eigenvalue weighted by atomic mass is 32.2. The van der Waals surface area contributed by atoms with E-state index in [0.29, 0.717) is 5.69 Å². The fourth-order valence-corrected chi connectivity index (χ4v) is 4.59. The van der Waals surface area contributed by atoms with Crippen LogP contribution in [0.4, 0.5) is 15.2 Å². The highest BCUT2D eigenvalue weighted by molar-refractivity contribution is 7.93. The van der Waals surface area contributed by atoms with E-state index in [1.807, 2.05) is 0 Å². The van der Waals surface area contributed by atoms with Gasteiger partial charge in [0.05, 0.1) is 29.0 Å². The molecular weight excluding hydrogens is 433 g/mol. The number of nitrogens with one attached hydrogen (secondary N) is 2. The lowest BCUT2D eigenvalue weighted by Gasteiger charge is -2.08. The maximum Gasteiger partial charge on any atom is 0.339 e. The minimum Gasteiger partial charge on any atom is -0.465 e. The fraction of sp³-hybridized carbons (Fsp3) is 0.105. The summed E-state index contributed by atoms with van der Waals surface area (Å²) in [6.07, 6.45) is 0. The summed E-state index contributed by atoms with van der Waals surface area (Å²) in [7, 11) is -2.77. The summed E-state index contributed by atoms with van der Waals surface area (Å²) < 4.78 is 44.9. The number of hydrogen-bond acceptors (Lipinski definition) is 7. The Morgan fingerprint density at radius 1 is 1.10 bits per heavy atom. The molecule has 8 nitrogen and oxygen atoms in total. The van der Waals surface area contributed by atoms with Crippen LogP contribution in [0.25, 0.3) is 0 Å². The SMILES string of the molecule is COC(=O)c1ccccc1NC(=O)c1sc(NS(=O)(=O)c2ccc(F)cc2)nc1C. The Morgan fingerprint density at radius 2 is 1.77 bits per heavy atom. The molecule has 156 valence electrons. The number of halogens is 1. The number of methoxy groups -OCH3 is 1. The second-order valence-electron chi connectivity index (χ2n) is 5.98. The molecule has 0 aliphatic carbocycles. The van der Waals surface area contributed by atoms with Crippen LogP contribution in [0.2, 0.25) is 0 Å². The van der Waals surface area contributed by atoms with Gasteiger partial charge < -0.3 is 10.1 Å². The molecule has 0 saturated carbocycles. The molecule has 0 unspecified atom stereocenters. The number of para-hydroxylation sites is 1. The average molecular weight is 449 g/mol. The predicted octanol–water partition coefficient (Wildman–Crippen LogP) is 3.43. The summed E-state index contributed by atoms with van der Waals surface area (Å²) >= 11 is 0.828. The first kappa shape index (κ1) is 21.4. The second kappa shape index (κ2) is 8.59. The molecule has 2 aromatic carbocycles. The molecule has 1 heterocycles. The Balaban J connectivity index is 1.82.